The molecular formula is C12H15Cl2NS. The van der Waals surface area contributed by atoms with E-state index < -0.39 is 0 Å². The van der Waals surface area contributed by atoms with Gasteiger partial charge in [0.15, 0.2) is 0 Å². The number of likely N-dealkylation sites (N-methyl/N-ethyl adjacent to an activating group) is 1. The Morgan fingerprint density at radius 2 is 2.19 bits per heavy atom. The number of halogens is 2. The molecule has 2 rings (SSSR count). The first-order valence-corrected chi connectivity index (χ1v) is 7.10. The Morgan fingerprint density at radius 1 is 1.38 bits per heavy atom. The molecule has 0 amide bonds. The second-order valence-corrected chi connectivity index (χ2v) is 6.31. The summed E-state index contributed by atoms with van der Waals surface area (Å²) in [5.74, 6) is 0. The van der Waals surface area contributed by atoms with Gasteiger partial charge in [0.1, 0.15) is 0 Å². The van der Waals surface area contributed by atoms with E-state index in [0.717, 1.165) is 20.7 Å². The van der Waals surface area contributed by atoms with Crippen molar-refractivity contribution in [1.82, 2.24) is 5.32 Å². The number of hydrogen-bond acceptors (Lipinski definition) is 2. The van der Waals surface area contributed by atoms with E-state index in [9.17, 15) is 0 Å². The summed E-state index contributed by atoms with van der Waals surface area (Å²) < 4.78 is 1.56. The van der Waals surface area contributed by atoms with Crippen molar-refractivity contribution < 1.29 is 0 Å². The Bertz CT molecular complexity index is 398. The lowest BCUT2D eigenvalue weighted by Crippen LogP contribution is -2.19. The van der Waals surface area contributed by atoms with Crippen LogP contribution in [0.1, 0.15) is 37.3 Å². The highest BCUT2D eigenvalue weighted by Crippen LogP contribution is 2.39. The third kappa shape index (κ3) is 2.62. The summed E-state index contributed by atoms with van der Waals surface area (Å²) in [6.45, 7) is 0. The first-order chi connectivity index (χ1) is 7.72. The van der Waals surface area contributed by atoms with Crippen molar-refractivity contribution in [2.45, 2.75) is 31.7 Å². The topological polar surface area (TPSA) is 12.0 Å². The maximum absolute atomic E-state index is 6.20. The van der Waals surface area contributed by atoms with Crippen molar-refractivity contribution >= 4 is 34.5 Å². The Morgan fingerprint density at radius 3 is 2.69 bits per heavy atom. The van der Waals surface area contributed by atoms with Crippen LogP contribution in [0.2, 0.25) is 8.67 Å². The largest absolute Gasteiger partial charge is 0.310 e. The summed E-state index contributed by atoms with van der Waals surface area (Å²) >= 11 is 13.6. The number of rotatable bonds is 3. The minimum absolute atomic E-state index is 0.233. The molecule has 0 fully saturated rings. The molecule has 0 radical (unpaired) electrons. The summed E-state index contributed by atoms with van der Waals surface area (Å²) in [4.78, 5) is 0. The molecule has 1 aliphatic carbocycles. The SMILES string of the molecule is CNC(C1=CCCCC1)c1cc(Cl)sc1Cl. The molecule has 16 heavy (non-hydrogen) atoms. The van der Waals surface area contributed by atoms with Gasteiger partial charge in [0.2, 0.25) is 0 Å². The van der Waals surface area contributed by atoms with Crippen molar-refractivity contribution in [3.8, 4) is 0 Å². The van der Waals surface area contributed by atoms with E-state index >= 15 is 0 Å². The standard InChI is InChI=1S/C12H15Cl2NS/c1-15-11(8-5-3-2-4-6-8)9-7-10(13)16-12(9)14/h5,7,11,15H,2-4,6H2,1H3. The lowest BCUT2D eigenvalue weighted by molar-refractivity contribution is 0.594. The summed E-state index contributed by atoms with van der Waals surface area (Å²) in [6, 6.07) is 2.21. The van der Waals surface area contributed by atoms with Gasteiger partial charge in [-0.2, -0.15) is 0 Å². The molecule has 4 heteroatoms. The van der Waals surface area contributed by atoms with Gasteiger partial charge in [0.25, 0.3) is 0 Å². The number of nitrogens with one attached hydrogen (secondary N) is 1. The van der Waals surface area contributed by atoms with Crippen LogP contribution in [0.5, 0.6) is 0 Å². The molecule has 1 unspecified atom stereocenters. The van der Waals surface area contributed by atoms with E-state index in [1.807, 2.05) is 13.1 Å². The highest BCUT2D eigenvalue weighted by atomic mass is 35.5. The predicted octanol–water partition coefficient (Wildman–Crippen LogP) is 4.82. The Kier molecular flexibility index (Phi) is 4.31. The van der Waals surface area contributed by atoms with Crippen LogP contribution in [0, 0.1) is 0 Å². The molecule has 1 aromatic rings. The van der Waals surface area contributed by atoms with Gasteiger partial charge in [-0.05, 0) is 38.8 Å². The predicted molar refractivity (Wildman–Crippen MR) is 72.7 cm³/mol. The molecule has 1 aromatic heterocycles. The quantitative estimate of drug-likeness (QED) is 0.781. The molecule has 0 saturated heterocycles. The van der Waals surface area contributed by atoms with Crippen LogP contribution in [0.15, 0.2) is 17.7 Å². The van der Waals surface area contributed by atoms with Gasteiger partial charge in [-0.15, -0.1) is 11.3 Å². The lowest BCUT2D eigenvalue weighted by atomic mass is 9.91. The molecule has 1 nitrogen and oxygen atoms in total. The summed E-state index contributed by atoms with van der Waals surface area (Å²) in [7, 11) is 1.97. The monoisotopic (exact) mass is 275 g/mol. The molecular weight excluding hydrogens is 261 g/mol. The molecule has 1 aliphatic rings. The van der Waals surface area contributed by atoms with E-state index in [1.165, 1.54) is 36.2 Å². The second-order valence-electron chi connectivity index (χ2n) is 4.03. The van der Waals surface area contributed by atoms with Crippen LogP contribution >= 0.6 is 34.5 Å². The smallest absolute Gasteiger partial charge is 0.0995 e. The highest BCUT2D eigenvalue weighted by molar-refractivity contribution is 7.20. The van der Waals surface area contributed by atoms with E-state index in [-0.39, 0.29) is 6.04 Å². The molecule has 0 aliphatic heterocycles. The maximum Gasteiger partial charge on any atom is 0.0995 e. The Hall–Kier alpha value is -0.0200. The van der Waals surface area contributed by atoms with Gasteiger partial charge in [-0.25, -0.2) is 0 Å². The van der Waals surface area contributed by atoms with Gasteiger partial charge < -0.3 is 5.32 Å². The fraction of sp³-hybridized carbons (Fsp3) is 0.500. The number of allylic oxidation sites excluding steroid dienone is 1. The van der Waals surface area contributed by atoms with E-state index in [1.54, 1.807) is 0 Å². The Balaban J connectivity index is 2.28. The van der Waals surface area contributed by atoms with Crippen LogP contribution in [0.3, 0.4) is 0 Å². The zero-order chi connectivity index (χ0) is 11.5. The molecule has 1 N–H and O–H groups in total. The zero-order valence-corrected chi connectivity index (χ0v) is 11.6. The molecule has 88 valence electrons. The van der Waals surface area contributed by atoms with E-state index in [4.69, 9.17) is 23.2 Å². The summed E-state index contributed by atoms with van der Waals surface area (Å²) in [6.07, 6.45) is 7.27. The van der Waals surface area contributed by atoms with Crippen molar-refractivity contribution in [1.29, 1.82) is 0 Å². The normalized spacial score (nSPS) is 18.3. The van der Waals surface area contributed by atoms with Crippen molar-refractivity contribution in [2.24, 2.45) is 0 Å². The maximum atomic E-state index is 6.20. The van der Waals surface area contributed by atoms with Crippen molar-refractivity contribution in [3.63, 3.8) is 0 Å². The minimum Gasteiger partial charge on any atom is -0.310 e. The first-order valence-electron chi connectivity index (χ1n) is 5.53. The van der Waals surface area contributed by atoms with Crippen LogP contribution < -0.4 is 5.32 Å². The van der Waals surface area contributed by atoms with Gasteiger partial charge in [-0.3, -0.25) is 0 Å². The second kappa shape index (κ2) is 5.54. The highest BCUT2D eigenvalue weighted by Gasteiger charge is 2.20. The molecule has 0 spiro atoms. The van der Waals surface area contributed by atoms with Gasteiger partial charge in [-0.1, -0.05) is 34.9 Å². The molecule has 0 aromatic carbocycles. The van der Waals surface area contributed by atoms with Crippen molar-refractivity contribution in [3.05, 3.63) is 32.0 Å². The average Bonchev–Trinajstić information content (AvgIpc) is 2.61. The van der Waals surface area contributed by atoms with Crippen LogP contribution in [-0.2, 0) is 0 Å². The van der Waals surface area contributed by atoms with Gasteiger partial charge in [0.05, 0.1) is 14.7 Å². The third-order valence-corrected chi connectivity index (χ3v) is 4.50. The third-order valence-electron chi connectivity index (χ3n) is 2.98. The average molecular weight is 276 g/mol. The molecule has 1 heterocycles. The molecule has 0 saturated carbocycles. The van der Waals surface area contributed by atoms with E-state index in [0.29, 0.717) is 0 Å². The van der Waals surface area contributed by atoms with E-state index in [2.05, 4.69) is 11.4 Å². The van der Waals surface area contributed by atoms with Gasteiger partial charge in [0, 0.05) is 5.56 Å². The molecule has 1 atom stereocenters. The number of thiophene rings is 1. The van der Waals surface area contributed by atoms with Gasteiger partial charge >= 0.3 is 0 Å². The fourth-order valence-electron chi connectivity index (χ4n) is 2.22. The zero-order valence-electron chi connectivity index (χ0n) is 9.22. The van der Waals surface area contributed by atoms with Crippen LogP contribution in [-0.4, -0.2) is 7.05 Å². The summed E-state index contributed by atoms with van der Waals surface area (Å²) in [5.41, 5.74) is 2.57. The number of hydrogen-bond donors (Lipinski definition) is 1. The minimum atomic E-state index is 0.233. The Labute approximate surface area is 110 Å². The fourth-order valence-corrected chi connectivity index (χ4v) is 3.75. The summed E-state index contributed by atoms with van der Waals surface area (Å²) in [5, 5.41) is 3.34. The van der Waals surface area contributed by atoms with Crippen LogP contribution in [0.4, 0.5) is 0 Å². The van der Waals surface area contributed by atoms with Crippen molar-refractivity contribution in [2.75, 3.05) is 7.05 Å². The van der Waals surface area contributed by atoms with Crippen LogP contribution in [0.25, 0.3) is 0 Å². The first kappa shape index (κ1) is 12.4. The molecule has 0 bridgehead atoms. The lowest BCUT2D eigenvalue weighted by Gasteiger charge is -2.22.